The Balaban J connectivity index is 2.06. The van der Waals surface area contributed by atoms with Gasteiger partial charge in [0, 0.05) is 25.6 Å². The van der Waals surface area contributed by atoms with Crippen molar-refractivity contribution in [3.8, 4) is 5.75 Å². The Hall–Kier alpha value is -2.08. The molecule has 138 valence electrons. The minimum absolute atomic E-state index is 0.0112. The Morgan fingerprint density at radius 2 is 1.96 bits per heavy atom. The number of para-hydroxylation sites is 1. The van der Waals surface area contributed by atoms with Crippen LogP contribution in [0.25, 0.3) is 0 Å². The second-order valence-electron chi connectivity index (χ2n) is 6.61. The van der Waals surface area contributed by atoms with Crippen molar-refractivity contribution in [2.24, 2.45) is 5.92 Å². The van der Waals surface area contributed by atoms with E-state index in [1.807, 2.05) is 31.2 Å². The van der Waals surface area contributed by atoms with Gasteiger partial charge in [-0.15, -0.1) is 0 Å². The van der Waals surface area contributed by atoms with E-state index in [-0.39, 0.29) is 30.4 Å². The van der Waals surface area contributed by atoms with Crippen LogP contribution in [-0.4, -0.2) is 50.5 Å². The predicted molar refractivity (Wildman–Crippen MR) is 97.4 cm³/mol. The number of likely N-dealkylation sites (N-methyl/N-ethyl adjacent to an activating group) is 1. The maximum absolute atomic E-state index is 12.6. The van der Waals surface area contributed by atoms with E-state index < -0.39 is 0 Å². The van der Waals surface area contributed by atoms with Gasteiger partial charge in [-0.2, -0.15) is 0 Å². The topological polar surface area (TPSA) is 70.7 Å². The molecule has 1 fully saturated rings. The molecule has 25 heavy (non-hydrogen) atoms. The van der Waals surface area contributed by atoms with E-state index in [1.165, 1.54) is 4.90 Å². The van der Waals surface area contributed by atoms with Crippen LogP contribution in [0.4, 0.5) is 0 Å². The van der Waals surface area contributed by atoms with Crippen LogP contribution in [-0.2, 0) is 9.59 Å². The van der Waals surface area contributed by atoms with E-state index in [4.69, 9.17) is 4.74 Å². The van der Waals surface area contributed by atoms with E-state index >= 15 is 0 Å². The van der Waals surface area contributed by atoms with Crippen molar-refractivity contribution in [2.75, 3.05) is 33.8 Å². The number of rotatable bonds is 7. The average molecular weight is 347 g/mol. The SMILES string of the molecule is CCC(NC(=O)C1CCNCC1)c1ccccc1OCC(=O)N(C)C. The van der Waals surface area contributed by atoms with Gasteiger partial charge in [0.05, 0.1) is 6.04 Å². The highest BCUT2D eigenvalue weighted by molar-refractivity contribution is 5.79. The molecule has 1 heterocycles. The highest BCUT2D eigenvalue weighted by Gasteiger charge is 2.24. The van der Waals surface area contributed by atoms with Gasteiger partial charge in [0.1, 0.15) is 5.75 Å². The van der Waals surface area contributed by atoms with Gasteiger partial charge in [0.2, 0.25) is 5.91 Å². The highest BCUT2D eigenvalue weighted by Crippen LogP contribution is 2.28. The number of nitrogens with zero attached hydrogens (tertiary/aromatic N) is 1. The molecule has 1 unspecified atom stereocenters. The fourth-order valence-corrected chi connectivity index (χ4v) is 2.94. The number of ether oxygens (including phenoxy) is 1. The van der Waals surface area contributed by atoms with Gasteiger partial charge < -0.3 is 20.3 Å². The standard InChI is InChI=1S/C19H29N3O3/c1-4-16(21-19(24)14-9-11-20-12-10-14)15-7-5-6-8-17(15)25-13-18(23)22(2)3/h5-8,14,16,20H,4,9-13H2,1-3H3,(H,21,24). The highest BCUT2D eigenvalue weighted by atomic mass is 16.5. The molecule has 1 atom stereocenters. The van der Waals surface area contributed by atoms with E-state index in [0.717, 1.165) is 37.9 Å². The van der Waals surface area contributed by atoms with Gasteiger partial charge in [-0.3, -0.25) is 9.59 Å². The third kappa shape index (κ3) is 5.46. The molecular formula is C19H29N3O3. The molecule has 0 aromatic heterocycles. The van der Waals surface area contributed by atoms with Crippen LogP contribution in [0.5, 0.6) is 5.75 Å². The molecule has 0 bridgehead atoms. The molecule has 0 aliphatic carbocycles. The van der Waals surface area contributed by atoms with Gasteiger partial charge in [0.15, 0.2) is 6.61 Å². The Labute approximate surface area is 149 Å². The van der Waals surface area contributed by atoms with Gasteiger partial charge in [-0.25, -0.2) is 0 Å². The minimum Gasteiger partial charge on any atom is -0.483 e. The van der Waals surface area contributed by atoms with Crippen LogP contribution < -0.4 is 15.4 Å². The second kappa shape index (κ2) is 9.42. The number of benzene rings is 1. The molecule has 1 saturated heterocycles. The molecule has 0 spiro atoms. The maximum atomic E-state index is 12.6. The number of nitrogens with one attached hydrogen (secondary N) is 2. The van der Waals surface area contributed by atoms with Crippen LogP contribution in [0.3, 0.4) is 0 Å². The number of piperidine rings is 1. The molecule has 1 aromatic rings. The maximum Gasteiger partial charge on any atom is 0.259 e. The average Bonchev–Trinajstić information content (AvgIpc) is 2.64. The molecule has 6 nitrogen and oxygen atoms in total. The van der Waals surface area contributed by atoms with Crippen molar-refractivity contribution >= 4 is 11.8 Å². The summed E-state index contributed by atoms with van der Waals surface area (Å²) >= 11 is 0. The Morgan fingerprint density at radius 3 is 2.60 bits per heavy atom. The smallest absolute Gasteiger partial charge is 0.259 e. The molecular weight excluding hydrogens is 318 g/mol. The van der Waals surface area contributed by atoms with Gasteiger partial charge in [-0.05, 0) is 38.4 Å². The third-order valence-corrected chi connectivity index (χ3v) is 4.58. The number of hydrogen-bond donors (Lipinski definition) is 2. The van der Waals surface area contributed by atoms with Crippen LogP contribution in [0, 0.1) is 5.92 Å². The quantitative estimate of drug-likeness (QED) is 0.788. The molecule has 1 aromatic carbocycles. The second-order valence-corrected chi connectivity index (χ2v) is 6.61. The Morgan fingerprint density at radius 1 is 1.28 bits per heavy atom. The zero-order valence-corrected chi connectivity index (χ0v) is 15.4. The molecule has 1 aliphatic heterocycles. The van der Waals surface area contributed by atoms with Gasteiger partial charge >= 0.3 is 0 Å². The number of carbonyl (C=O) groups is 2. The van der Waals surface area contributed by atoms with Gasteiger partial charge in [-0.1, -0.05) is 25.1 Å². The molecule has 0 saturated carbocycles. The lowest BCUT2D eigenvalue weighted by Crippen LogP contribution is -2.39. The zero-order valence-electron chi connectivity index (χ0n) is 15.4. The molecule has 6 heteroatoms. The first-order chi connectivity index (χ1) is 12.0. The van der Waals surface area contributed by atoms with Crippen LogP contribution in [0.2, 0.25) is 0 Å². The fourth-order valence-electron chi connectivity index (χ4n) is 2.94. The van der Waals surface area contributed by atoms with Crippen molar-refractivity contribution in [3.63, 3.8) is 0 Å². The summed E-state index contributed by atoms with van der Waals surface area (Å²) in [5, 5.41) is 6.44. The van der Waals surface area contributed by atoms with Crippen molar-refractivity contribution in [1.82, 2.24) is 15.5 Å². The predicted octanol–water partition coefficient (Wildman–Crippen LogP) is 1.72. The largest absolute Gasteiger partial charge is 0.483 e. The van der Waals surface area contributed by atoms with E-state index in [1.54, 1.807) is 14.1 Å². The Kier molecular flexibility index (Phi) is 7.25. The van der Waals surface area contributed by atoms with E-state index in [9.17, 15) is 9.59 Å². The van der Waals surface area contributed by atoms with E-state index in [0.29, 0.717) is 5.75 Å². The number of carbonyl (C=O) groups excluding carboxylic acids is 2. The van der Waals surface area contributed by atoms with Crippen LogP contribution in [0.15, 0.2) is 24.3 Å². The summed E-state index contributed by atoms with van der Waals surface area (Å²) in [7, 11) is 3.40. The summed E-state index contributed by atoms with van der Waals surface area (Å²) in [5.74, 6) is 0.725. The van der Waals surface area contributed by atoms with Gasteiger partial charge in [0.25, 0.3) is 5.91 Å². The normalized spacial score (nSPS) is 16.1. The first kappa shape index (κ1) is 19.2. The molecule has 1 aliphatic rings. The summed E-state index contributed by atoms with van der Waals surface area (Å²) in [5.41, 5.74) is 0.916. The lowest BCUT2D eigenvalue weighted by molar-refractivity contribution is -0.131. The number of amides is 2. The number of hydrogen-bond acceptors (Lipinski definition) is 4. The zero-order chi connectivity index (χ0) is 18.2. The van der Waals surface area contributed by atoms with E-state index in [2.05, 4.69) is 10.6 Å². The summed E-state index contributed by atoms with van der Waals surface area (Å²) in [6, 6.07) is 7.48. The molecule has 2 amide bonds. The lowest BCUT2D eigenvalue weighted by atomic mass is 9.95. The molecule has 2 N–H and O–H groups in total. The Bertz CT molecular complexity index is 583. The van der Waals surface area contributed by atoms with Crippen molar-refractivity contribution in [1.29, 1.82) is 0 Å². The minimum atomic E-state index is -0.118. The summed E-state index contributed by atoms with van der Waals surface area (Å²) < 4.78 is 5.72. The first-order valence-corrected chi connectivity index (χ1v) is 8.95. The third-order valence-electron chi connectivity index (χ3n) is 4.58. The van der Waals surface area contributed by atoms with Crippen LogP contribution in [0.1, 0.15) is 37.8 Å². The molecule has 2 rings (SSSR count). The van der Waals surface area contributed by atoms with Crippen molar-refractivity contribution in [2.45, 2.75) is 32.2 Å². The van der Waals surface area contributed by atoms with Crippen molar-refractivity contribution < 1.29 is 14.3 Å². The molecule has 0 radical (unpaired) electrons. The van der Waals surface area contributed by atoms with Crippen LogP contribution >= 0.6 is 0 Å². The monoisotopic (exact) mass is 347 g/mol. The summed E-state index contributed by atoms with van der Waals surface area (Å²) in [6.07, 6.45) is 2.51. The summed E-state index contributed by atoms with van der Waals surface area (Å²) in [6.45, 7) is 3.81. The lowest BCUT2D eigenvalue weighted by Gasteiger charge is -2.26. The van der Waals surface area contributed by atoms with Crippen molar-refractivity contribution in [3.05, 3.63) is 29.8 Å². The first-order valence-electron chi connectivity index (χ1n) is 8.95. The fraction of sp³-hybridized carbons (Fsp3) is 0.579. The summed E-state index contributed by atoms with van der Waals surface area (Å²) in [4.78, 5) is 25.8.